The van der Waals surface area contributed by atoms with Gasteiger partial charge in [-0.3, -0.25) is 4.68 Å². The third-order valence-corrected chi connectivity index (χ3v) is 3.11. The molecule has 0 unspecified atom stereocenters. The molecule has 1 N–H and O–H groups in total. The van der Waals surface area contributed by atoms with E-state index >= 15 is 0 Å². The van der Waals surface area contributed by atoms with Crippen molar-refractivity contribution in [3.63, 3.8) is 0 Å². The summed E-state index contributed by atoms with van der Waals surface area (Å²) >= 11 is 0. The number of hydrogen-bond donors (Lipinski definition) is 1. The summed E-state index contributed by atoms with van der Waals surface area (Å²) in [6.07, 6.45) is 0.803. The molecule has 1 aromatic heterocycles. The first kappa shape index (κ1) is 12.1. The fraction of sp³-hybridized carbons (Fsp3) is 0.500. The Morgan fingerprint density at radius 1 is 1.29 bits per heavy atom. The molecule has 0 bridgehead atoms. The van der Waals surface area contributed by atoms with Crippen molar-refractivity contribution in [1.29, 1.82) is 0 Å². The van der Waals surface area contributed by atoms with Crippen LogP contribution in [0.15, 0.2) is 24.3 Å². The van der Waals surface area contributed by atoms with Crippen molar-refractivity contribution >= 4 is 10.9 Å². The Morgan fingerprint density at radius 3 is 2.65 bits per heavy atom. The fourth-order valence-corrected chi connectivity index (χ4v) is 2.08. The Morgan fingerprint density at radius 2 is 2.00 bits per heavy atom. The predicted molar refractivity (Wildman–Crippen MR) is 70.0 cm³/mol. The highest BCUT2D eigenvalue weighted by Gasteiger charge is 2.21. The van der Waals surface area contributed by atoms with E-state index in [4.69, 9.17) is 0 Å². The fourth-order valence-electron chi connectivity index (χ4n) is 2.08. The van der Waals surface area contributed by atoms with Crippen molar-refractivity contribution in [3.05, 3.63) is 30.0 Å². The van der Waals surface area contributed by atoms with Crippen LogP contribution in [-0.4, -0.2) is 21.5 Å². The summed E-state index contributed by atoms with van der Waals surface area (Å²) in [5, 5.41) is 15.2. The number of rotatable bonds is 4. The van der Waals surface area contributed by atoms with Gasteiger partial charge >= 0.3 is 0 Å². The summed E-state index contributed by atoms with van der Waals surface area (Å²) < 4.78 is 2.03. The largest absolute Gasteiger partial charge is 0.396 e. The number of hydrogen-bond acceptors (Lipinski definition) is 2. The number of para-hydroxylation sites is 1. The van der Waals surface area contributed by atoms with E-state index in [0.717, 1.165) is 18.7 Å². The van der Waals surface area contributed by atoms with Crippen LogP contribution in [0.5, 0.6) is 0 Å². The number of aryl methyl sites for hydroxylation is 1. The lowest BCUT2D eigenvalue weighted by Gasteiger charge is -2.19. The van der Waals surface area contributed by atoms with Gasteiger partial charge in [-0.1, -0.05) is 32.0 Å². The monoisotopic (exact) mass is 232 g/mol. The molecule has 0 amide bonds. The Hall–Kier alpha value is -1.35. The summed E-state index contributed by atoms with van der Waals surface area (Å²) in [4.78, 5) is 0. The van der Waals surface area contributed by atoms with Crippen LogP contribution in [0.1, 0.15) is 26.5 Å². The lowest BCUT2D eigenvalue weighted by atomic mass is 9.88. The zero-order valence-electron chi connectivity index (χ0n) is 10.8. The van der Waals surface area contributed by atoms with E-state index < -0.39 is 0 Å². The van der Waals surface area contributed by atoms with Crippen LogP contribution < -0.4 is 0 Å². The van der Waals surface area contributed by atoms with Crippen LogP contribution >= 0.6 is 0 Å². The number of aromatic nitrogens is 2. The van der Waals surface area contributed by atoms with Gasteiger partial charge in [-0.15, -0.1) is 0 Å². The molecule has 0 saturated heterocycles. The molecule has 92 valence electrons. The van der Waals surface area contributed by atoms with E-state index in [-0.39, 0.29) is 12.0 Å². The highest BCUT2D eigenvalue weighted by atomic mass is 16.3. The maximum Gasteiger partial charge on any atom is 0.0709 e. The van der Waals surface area contributed by atoms with Gasteiger partial charge in [0.15, 0.2) is 0 Å². The summed E-state index contributed by atoms with van der Waals surface area (Å²) in [5.41, 5.74) is 2.15. The van der Waals surface area contributed by atoms with Gasteiger partial charge in [0, 0.05) is 18.5 Å². The van der Waals surface area contributed by atoms with Crippen molar-refractivity contribution in [2.24, 2.45) is 5.41 Å². The Kier molecular flexibility index (Phi) is 3.20. The average Bonchev–Trinajstić information content (AvgIpc) is 2.67. The van der Waals surface area contributed by atoms with Gasteiger partial charge in [-0.05, 0) is 24.8 Å². The Balaban J connectivity index is 2.47. The summed E-state index contributed by atoms with van der Waals surface area (Å²) in [7, 11) is 0. The standard InChI is InChI=1S/C14H20N2O/c1-4-16-13-8-6-5-7-11(13)12(15-16)9-14(2,3)10-17/h5-8,17H,4,9-10H2,1-3H3. The molecule has 2 rings (SSSR count). The molecule has 0 atom stereocenters. The maximum absolute atomic E-state index is 9.36. The van der Waals surface area contributed by atoms with Crippen LogP contribution in [-0.2, 0) is 13.0 Å². The Labute approximate surface area is 102 Å². The van der Waals surface area contributed by atoms with E-state index in [1.54, 1.807) is 0 Å². The van der Waals surface area contributed by atoms with Crippen molar-refractivity contribution in [1.82, 2.24) is 9.78 Å². The zero-order valence-corrected chi connectivity index (χ0v) is 10.8. The van der Waals surface area contributed by atoms with Crippen molar-refractivity contribution in [2.75, 3.05) is 6.61 Å². The second kappa shape index (κ2) is 4.49. The molecular weight excluding hydrogens is 212 g/mol. The number of fused-ring (bicyclic) bond motifs is 1. The molecule has 1 heterocycles. The molecule has 0 spiro atoms. The van der Waals surface area contributed by atoms with Gasteiger partial charge in [0.25, 0.3) is 0 Å². The van der Waals surface area contributed by atoms with Crippen LogP contribution in [0.25, 0.3) is 10.9 Å². The molecule has 3 nitrogen and oxygen atoms in total. The third kappa shape index (κ3) is 2.34. The zero-order chi connectivity index (χ0) is 12.5. The van der Waals surface area contributed by atoms with Gasteiger partial charge < -0.3 is 5.11 Å². The van der Waals surface area contributed by atoms with Crippen molar-refractivity contribution in [3.8, 4) is 0 Å². The number of benzene rings is 1. The molecular formula is C14H20N2O. The molecule has 3 heteroatoms. The van der Waals surface area contributed by atoms with Crippen LogP contribution in [0.3, 0.4) is 0 Å². The second-order valence-corrected chi connectivity index (χ2v) is 5.28. The minimum absolute atomic E-state index is 0.115. The van der Waals surface area contributed by atoms with Crippen LogP contribution in [0.2, 0.25) is 0 Å². The van der Waals surface area contributed by atoms with Crippen molar-refractivity contribution in [2.45, 2.75) is 33.7 Å². The summed E-state index contributed by atoms with van der Waals surface area (Å²) in [6, 6.07) is 8.29. The maximum atomic E-state index is 9.36. The lowest BCUT2D eigenvalue weighted by molar-refractivity contribution is 0.159. The average molecular weight is 232 g/mol. The minimum atomic E-state index is -0.115. The van der Waals surface area contributed by atoms with E-state index in [1.165, 1.54) is 10.9 Å². The SMILES string of the molecule is CCn1nc(CC(C)(C)CO)c2ccccc21. The van der Waals surface area contributed by atoms with E-state index in [1.807, 2.05) is 16.8 Å². The molecule has 0 saturated carbocycles. The summed E-state index contributed by atoms with van der Waals surface area (Å²) in [5.74, 6) is 0. The quantitative estimate of drug-likeness (QED) is 0.880. The topological polar surface area (TPSA) is 38.0 Å². The Bertz CT molecular complexity index is 514. The first-order valence-corrected chi connectivity index (χ1v) is 6.12. The van der Waals surface area contributed by atoms with Gasteiger partial charge in [0.05, 0.1) is 11.2 Å². The molecule has 1 aromatic carbocycles. The normalized spacial score (nSPS) is 12.2. The smallest absolute Gasteiger partial charge is 0.0709 e. The molecule has 0 aliphatic rings. The third-order valence-electron chi connectivity index (χ3n) is 3.11. The first-order valence-electron chi connectivity index (χ1n) is 6.12. The van der Waals surface area contributed by atoms with Gasteiger partial charge in [0.2, 0.25) is 0 Å². The molecule has 17 heavy (non-hydrogen) atoms. The number of aliphatic hydroxyl groups excluding tert-OH is 1. The molecule has 0 aliphatic heterocycles. The predicted octanol–water partition coefficient (Wildman–Crippen LogP) is 2.62. The molecule has 0 aliphatic carbocycles. The minimum Gasteiger partial charge on any atom is -0.396 e. The highest BCUT2D eigenvalue weighted by molar-refractivity contribution is 5.82. The first-order chi connectivity index (χ1) is 8.07. The van der Waals surface area contributed by atoms with Crippen LogP contribution in [0, 0.1) is 5.41 Å². The van der Waals surface area contributed by atoms with Gasteiger partial charge in [-0.2, -0.15) is 5.10 Å². The van der Waals surface area contributed by atoms with Gasteiger partial charge in [-0.25, -0.2) is 0 Å². The number of nitrogens with zero attached hydrogens (tertiary/aromatic N) is 2. The van der Waals surface area contributed by atoms with Crippen molar-refractivity contribution < 1.29 is 5.11 Å². The molecule has 0 fully saturated rings. The van der Waals surface area contributed by atoms with E-state index in [0.29, 0.717) is 0 Å². The van der Waals surface area contributed by atoms with E-state index in [2.05, 4.69) is 38.0 Å². The van der Waals surface area contributed by atoms with E-state index in [9.17, 15) is 5.11 Å². The second-order valence-electron chi connectivity index (χ2n) is 5.28. The van der Waals surface area contributed by atoms with Crippen LogP contribution in [0.4, 0.5) is 0 Å². The molecule has 0 radical (unpaired) electrons. The highest BCUT2D eigenvalue weighted by Crippen LogP contribution is 2.26. The van der Waals surface area contributed by atoms with Gasteiger partial charge in [0.1, 0.15) is 0 Å². The number of aliphatic hydroxyl groups is 1. The summed E-state index contributed by atoms with van der Waals surface area (Å²) in [6.45, 7) is 7.28. The molecule has 2 aromatic rings. The lowest BCUT2D eigenvalue weighted by Crippen LogP contribution is -2.20.